The first kappa shape index (κ1) is 15.0. The van der Waals surface area contributed by atoms with Crippen molar-refractivity contribution in [2.45, 2.75) is 44.6 Å². The van der Waals surface area contributed by atoms with E-state index in [0.717, 1.165) is 24.8 Å². The second-order valence-corrected chi connectivity index (χ2v) is 6.04. The van der Waals surface area contributed by atoms with Gasteiger partial charge in [-0.25, -0.2) is 9.00 Å². The number of anilines is 1. The van der Waals surface area contributed by atoms with Crippen molar-refractivity contribution in [3.8, 4) is 0 Å². The number of hydrogen-bond acceptors (Lipinski definition) is 2. The fourth-order valence-corrected chi connectivity index (χ4v) is 3.83. The van der Waals surface area contributed by atoms with Crippen molar-refractivity contribution in [1.82, 2.24) is 0 Å². The number of carboxylic acids is 1. The molecule has 2 rings (SSSR count). The third kappa shape index (κ3) is 2.58. The van der Waals surface area contributed by atoms with Gasteiger partial charge >= 0.3 is 5.97 Å². The number of aryl methyl sites for hydroxylation is 1. The molecular weight excluding hydrogens is 278 g/mol. The zero-order valence-electron chi connectivity index (χ0n) is 11.4. The number of para-hydroxylation sites is 1. The molecule has 1 atom stereocenters. The summed E-state index contributed by atoms with van der Waals surface area (Å²) in [4.78, 5) is 11.8. The molecule has 0 spiro atoms. The number of hydrogen-bond donors (Lipinski definition) is 2. The Balaban J connectivity index is 2.54. The smallest absolute Gasteiger partial charge is 0.330 e. The summed E-state index contributed by atoms with van der Waals surface area (Å²) in [7, 11) is 0. The maximum absolute atomic E-state index is 11.8. The molecular formula is C14H19NO4S. The number of benzene rings is 1. The van der Waals surface area contributed by atoms with E-state index in [9.17, 15) is 18.7 Å². The van der Waals surface area contributed by atoms with Crippen molar-refractivity contribution in [2.75, 3.05) is 4.31 Å². The molecule has 1 fully saturated rings. The average Bonchev–Trinajstić information content (AvgIpc) is 2.42. The van der Waals surface area contributed by atoms with Crippen molar-refractivity contribution < 1.29 is 18.7 Å². The minimum Gasteiger partial charge on any atom is -0.479 e. The van der Waals surface area contributed by atoms with Gasteiger partial charge in [-0.1, -0.05) is 37.5 Å². The molecule has 0 amide bonds. The highest BCUT2D eigenvalue weighted by molar-refractivity contribution is 7.80. The Kier molecular flexibility index (Phi) is 4.45. The predicted molar refractivity (Wildman–Crippen MR) is 77.9 cm³/mol. The van der Waals surface area contributed by atoms with Crippen LogP contribution in [0.2, 0.25) is 0 Å². The van der Waals surface area contributed by atoms with Crippen molar-refractivity contribution in [3.63, 3.8) is 0 Å². The van der Waals surface area contributed by atoms with Crippen LogP contribution >= 0.6 is 0 Å². The quantitative estimate of drug-likeness (QED) is 0.838. The second-order valence-electron chi connectivity index (χ2n) is 5.21. The lowest BCUT2D eigenvalue weighted by atomic mass is 9.81. The number of carbonyl (C=O) groups is 1. The molecule has 1 aliphatic carbocycles. The molecule has 2 N–H and O–H groups in total. The van der Waals surface area contributed by atoms with Crippen LogP contribution in [-0.4, -0.2) is 25.4 Å². The van der Waals surface area contributed by atoms with Crippen LogP contribution in [0.15, 0.2) is 24.3 Å². The van der Waals surface area contributed by atoms with Gasteiger partial charge in [0.1, 0.15) is 0 Å². The van der Waals surface area contributed by atoms with Crippen LogP contribution in [0.25, 0.3) is 0 Å². The standard InChI is InChI=1S/C14H19NO4S/c1-11-7-3-4-8-12(11)15(20(18)19)14(13(16)17)9-5-2-6-10-14/h3-4,7-8H,2,5-6,9-10H2,1H3,(H,16,17)(H,18,19). The third-order valence-electron chi connectivity index (χ3n) is 3.96. The molecule has 0 radical (unpaired) electrons. The highest BCUT2D eigenvalue weighted by Gasteiger charge is 2.48. The Hall–Kier alpha value is -1.40. The van der Waals surface area contributed by atoms with E-state index in [1.54, 1.807) is 12.1 Å². The Bertz CT molecular complexity index is 526. The summed E-state index contributed by atoms with van der Waals surface area (Å²) in [6.45, 7) is 1.81. The van der Waals surface area contributed by atoms with Crippen LogP contribution in [0.3, 0.4) is 0 Å². The fourth-order valence-electron chi connectivity index (χ4n) is 2.90. The molecule has 0 saturated heterocycles. The molecule has 110 valence electrons. The largest absolute Gasteiger partial charge is 0.479 e. The minimum absolute atomic E-state index is 0.392. The zero-order valence-corrected chi connectivity index (χ0v) is 12.2. The van der Waals surface area contributed by atoms with Gasteiger partial charge in [0.2, 0.25) is 0 Å². The van der Waals surface area contributed by atoms with Gasteiger partial charge in [0.05, 0.1) is 5.69 Å². The molecule has 1 unspecified atom stereocenters. The van der Waals surface area contributed by atoms with E-state index in [2.05, 4.69) is 0 Å². The van der Waals surface area contributed by atoms with Gasteiger partial charge < -0.3 is 5.11 Å². The maximum Gasteiger partial charge on any atom is 0.330 e. The van der Waals surface area contributed by atoms with Crippen LogP contribution in [-0.2, 0) is 16.1 Å². The SMILES string of the molecule is Cc1ccccc1N(S(=O)O)C1(C(=O)O)CCCCC1. The summed E-state index contributed by atoms with van der Waals surface area (Å²) in [5.41, 5.74) is 0.0167. The molecule has 20 heavy (non-hydrogen) atoms. The number of nitrogens with zero attached hydrogens (tertiary/aromatic N) is 1. The molecule has 0 bridgehead atoms. The van der Waals surface area contributed by atoms with Gasteiger partial charge in [-0.3, -0.25) is 8.86 Å². The summed E-state index contributed by atoms with van der Waals surface area (Å²) in [5.74, 6) is -1.03. The van der Waals surface area contributed by atoms with E-state index in [-0.39, 0.29) is 0 Å². The molecule has 0 heterocycles. The Morgan fingerprint density at radius 1 is 1.25 bits per heavy atom. The van der Waals surface area contributed by atoms with Crippen LogP contribution < -0.4 is 4.31 Å². The molecule has 6 heteroatoms. The Morgan fingerprint density at radius 2 is 1.85 bits per heavy atom. The summed E-state index contributed by atoms with van der Waals surface area (Å²) >= 11 is -2.37. The zero-order chi connectivity index (χ0) is 14.8. The number of rotatable bonds is 4. The Morgan fingerprint density at radius 3 is 2.35 bits per heavy atom. The van der Waals surface area contributed by atoms with E-state index in [1.807, 2.05) is 19.1 Å². The number of carboxylic acid groups (broad SMARTS) is 1. The molecule has 1 aromatic carbocycles. The average molecular weight is 297 g/mol. The van der Waals surface area contributed by atoms with Gasteiger partial charge in [-0.15, -0.1) is 0 Å². The lowest BCUT2D eigenvalue weighted by Gasteiger charge is -2.42. The molecule has 5 nitrogen and oxygen atoms in total. The molecule has 0 aromatic heterocycles. The first-order valence-electron chi connectivity index (χ1n) is 6.69. The van der Waals surface area contributed by atoms with Crippen molar-refractivity contribution in [2.24, 2.45) is 0 Å². The summed E-state index contributed by atoms with van der Waals surface area (Å²) in [6.07, 6.45) is 3.26. The summed E-state index contributed by atoms with van der Waals surface area (Å²) in [6, 6.07) is 7.09. The van der Waals surface area contributed by atoms with E-state index in [1.165, 1.54) is 4.31 Å². The van der Waals surface area contributed by atoms with Gasteiger partial charge in [0, 0.05) is 0 Å². The van der Waals surface area contributed by atoms with Crippen LogP contribution in [0.5, 0.6) is 0 Å². The monoisotopic (exact) mass is 297 g/mol. The van der Waals surface area contributed by atoms with E-state index in [4.69, 9.17) is 0 Å². The summed E-state index contributed by atoms with van der Waals surface area (Å²) < 4.78 is 22.7. The topological polar surface area (TPSA) is 77.8 Å². The van der Waals surface area contributed by atoms with Gasteiger partial charge in [0.25, 0.3) is 11.3 Å². The number of aliphatic carboxylic acids is 1. The van der Waals surface area contributed by atoms with Crippen LogP contribution in [0.4, 0.5) is 5.69 Å². The lowest BCUT2D eigenvalue weighted by molar-refractivity contribution is -0.144. The first-order chi connectivity index (χ1) is 9.49. The minimum atomic E-state index is -2.37. The van der Waals surface area contributed by atoms with Crippen LogP contribution in [0.1, 0.15) is 37.7 Å². The molecule has 0 aliphatic heterocycles. The van der Waals surface area contributed by atoms with Crippen molar-refractivity contribution in [1.29, 1.82) is 0 Å². The molecule has 1 aromatic rings. The molecule has 1 aliphatic rings. The second kappa shape index (κ2) is 5.93. The van der Waals surface area contributed by atoms with E-state index in [0.29, 0.717) is 18.5 Å². The lowest BCUT2D eigenvalue weighted by Crippen LogP contribution is -2.57. The van der Waals surface area contributed by atoms with Gasteiger partial charge in [0.15, 0.2) is 5.54 Å². The van der Waals surface area contributed by atoms with E-state index < -0.39 is 22.8 Å². The first-order valence-corrected chi connectivity index (χ1v) is 7.75. The predicted octanol–water partition coefficient (Wildman–Crippen LogP) is 2.73. The summed E-state index contributed by atoms with van der Waals surface area (Å²) in [5, 5.41) is 9.67. The van der Waals surface area contributed by atoms with Gasteiger partial charge in [-0.05, 0) is 31.4 Å². The highest BCUT2D eigenvalue weighted by atomic mass is 32.2. The van der Waals surface area contributed by atoms with Crippen LogP contribution in [0, 0.1) is 6.92 Å². The Labute approximate surface area is 121 Å². The highest BCUT2D eigenvalue weighted by Crippen LogP contribution is 2.39. The van der Waals surface area contributed by atoms with Crippen molar-refractivity contribution in [3.05, 3.63) is 29.8 Å². The molecule has 1 saturated carbocycles. The third-order valence-corrected chi connectivity index (χ3v) is 4.82. The maximum atomic E-state index is 11.8. The van der Waals surface area contributed by atoms with Gasteiger partial charge in [-0.2, -0.15) is 0 Å². The van der Waals surface area contributed by atoms with E-state index >= 15 is 0 Å². The normalized spacial score (nSPS) is 19.3. The van der Waals surface area contributed by atoms with Crippen molar-refractivity contribution >= 4 is 22.9 Å². The fraction of sp³-hybridized carbons (Fsp3) is 0.500.